The number of hydrogen-bond acceptors (Lipinski definition) is 3. The Kier molecular flexibility index (Phi) is 7.45. The van der Waals surface area contributed by atoms with Gasteiger partial charge in [-0.1, -0.05) is 19.3 Å². The number of carbonyl (C=O) groups excluding carboxylic acids is 1. The number of nitrogens with one attached hydrogen (secondary N) is 1. The Balaban J connectivity index is 0.00000220. The van der Waals surface area contributed by atoms with Crippen LogP contribution < -0.4 is 11.1 Å². The summed E-state index contributed by atoms with van der Waals surface area (Å²) in [7, 11) is 0. The Morgan fingerprint density at radius 1 is 1.14 bits per heavy atom. The summed E-state index contributed by atoms with van der Waals surface area (Å²) in [6.07, 6.45) is 8.06. The maximum Gasteiger partial charge on any atom is 0.223 e. The molecule has 0 aromatic heterocycles. The third kappa shape index (κ3) is 6.54. The smallest absolute Gasteiger partial charge is 0.223 e. The molecule has 1 saturated heterocycles. The minimum absolute atomic E-state index is 0. The van der Waals surface area contributed by atoms with E-state index < -0.39 is 0 Å². The van der Waals surface area contributed by atoms with Crippen LogP contribution in [0, 0.1) is 5.92 Å². The molecule has 2 rings (SSSR count). The first kappa shape index (κ1) is 18.7. The molecule has 0 aromatic rings. The van der Waals surface area contributed by atoms with E-state index in [2.05, 4.69) is 24.1 Å². The standard InChI is InChI=1S/C16H31N3O.ClH/c1-16(2,17)12-19-10-8-14(9-11-19)18-15(20)13-6-4-3-5-7-13;/h13-14H,3-12,17H2,1-2H3,(H,18,20);1H. The fraction of sp³-hybridized carbons (Fsp3) is 0.938. The van der Waals surface area contributed by atoms with Crippen LogP contribution in [-0.4, -0.2) is 42.0 Å². The SMILES string of the molecule is CC(C)(N)CN1CCC(NC(=O)C2CCCCC2)CC1.Cl. The highest BCUT2D eigenvalue weighted by Crippen LogP contribution is 2.24. The summed E-state index contributed by atoms with van der Waals surface area (Å²) in [5.74, 6) is 0.590. The average Bonchev–Trinajstić information content (AvgIpc) is 2.40. The second kappa shape index (κ2) is 8.35. The first-order valence-electron chi connectivity index (χ1n) is 8.26. The van der Waals surface area contributed by atoms with Crippen LogP contribution in [0.2, 0.25) is 0 Å². The van der Waals surface area contributed by atoms with Crippen molar-refractivity contribution in [3.63, 3.8) is 0 Å². The predicted molar refractivity (Wildman–Crippen MR) is 89.7 cm³/mol. The van der Waals surface area contributed by atoms with Crippen LogP contribution >= 0.6 is 12.4 Å². The van der Waals surface area contributed by atoms with Gasteiger partial charge in [0, 0.05) is 37.1 Å². The highest BCUT2D eigenvalue weighted by atomic mass is 35.5. The third-order valence-electron chi connectivity index (χ3n) is 4.54. The molecule has 1 amide bonds. The van der Waals surface area contributed by atoms with Crippen molar-refractivity contribution in [1.82, 2.24) is 10.2 Å². The summed E-state index contributed by atoms with van der Waals surface area (Å²) in [6.45, 7) is 7.19. The van der Waals surface area contributed by atoms with Gasteiger partial charge in [0.1, 0.15) is 0 Å². The van der Waals surface area contributed by atoms with Crippen molar-refractivity contribution in [3.05, 3.63) is 0 Å². The molecule has 1 heterocycles. The van der Waals surface area contributed by atoms with Crippen LogP contribution in [0.1, 0.15) is 58.8 Å². The van der Waals surface area contributed by atoms with Crippen LogP contribution in [-0.2, 0) is 4.79 Å². The van der Waals surface area contributed by atoms with Crippen LogP contribution in [0.4, 0.5) is 0 Å². The van der Waals surface area contributed by atoms with E-state index in [-0.39, 0.29) is 23.9 Å². The zero-order valence-electron chi connectivity index (χ0n) is 13.6. The molecule has 5 heteroatoms. The summed E-state index contributed by atoms with van der Waals surface area (Å²) in [4.78, 5) is 14.7. The van der Waals surface area contributed by atoms with E-state index in [0.717, 1.165) is 45.3 Å². The number of piperidine rings is 1. The lowest BCUT2D eigenvalue weighted by Crippen LogP contribution is -2.51. The lowest BCUT2D eigenvalue weighted by molar-refractivity contribution is -0.127. The molecule has 0 unspecified atom stereocenters. The van der Waals surface area contributed by atoms with E-state index in [1.165, 1.54) is 19.3 Å². The number of rotatable bonds is 4. The zero-order valence-corrected chi connectivity index (χ0v) is 14.4. The van der Waals surface area contributed by atoms with E-state index in [9.17, 15) is 4.79 Å². The van der Waals surface area contributed by atoms with E-state index in [4.69, 9.17) is 5.73 Å². The van der Waals surface area contributed by atoms with Crippen molar-refractivity contribution >= 4 is 18.3 Å². The van der Waals surface area contributed by atoms with Crippen molar-refractivity contribution in [2.24, 2.45) is 11.7 Å². The summed E-state index contributed by atoms with van der Waals surface area (Å²) in [5.41, 5.74) is 5.94. The fourth-order valence-electron chi connectivity index (χ4n) is 3.50. The molecule has 0 radical (unpaired) electrons. The fourth-order valence-corrected chi connectivity index (χ4v) is 3.50. The van der Waals surface area contributed by atoms with Crippen molar-refractivity contribution in [2.75, 3.05) is 19.6 Å². The van der Waals surface area contributed by atoms with Crippen molar-refractivity contribution in [3.8, 4) is 0 Å². The van der Waals surface area contributed by atoms with Gasteiger partial charge in [-0.15, -0.1) is 12.4 Å². The van der Waals surface area contributed by atoms with Gasteiger partial charge in [0.05, 0.1) is 0 Å². The summed E-state index contributed by atoms with van der Waals surface area (Å²) in [6, 6.07) is 0.376. The predicted octanol–water partition coefficient (Wildman–Crippen LogP) is 2.31. The molecule has 1 aliphatic carbocycles. The summed E-state index contributed by atoms with van der Waals surface area (Å²) < 4.78 is 0. The Morgan fingerprint density at radius 3 is 2.24 bits per heavy atom. The highest BCUT2D eigenvalue weighted by molar-refractivity contribution is 5.85. The van der Waals surface area contributed by atoms with Crippen LogP contribution in [0.15, 0.2) is 0 Å². The van der Waals surface area contributed by atoms with E-state index in [1.54, 1.807) is 0 Å². The van der Waals surface area contributed by atoms with Gasteiger partial charge in [-0.25, -0.2) is 0 Å². The molecule has 0 spiro atoms. The number of amides is 1. The van der Waals surface area contributed by atoms with Gasteiger partial charge in [0.2, 0.25) is 5.91 Å². The van der Waals surface area contributed by atoms with Crippen molar-refractivity contribution in [2.45, 2.75) is 70.4 Å². The monoisotopic (exact) mass is 317 g/mol. The molecule has 2 fully saturated rings. The van der Waals surface area contributed by atoms with Gasteiger partial charge >= 0.3 is 0 Å². The number of hydrogen-bond donors (Lipinski definition) is 2. The molecule has 0 aromatic carbocycles. The van der Waals surface area contributed by atoms with Gasteiger partial charge in [-0.3, -0.25) is 4.79 Å². The van der Waals surface area contributed by atoms with Crippen molar-refractivity contribution in [1.29, 1.82) is 0 Å². The number of carbonyl (C=O) groups is 1. The molecule has 21 heavy (non-hydrogen) atoms. The van der Waals surface area contributed by atoms with Gasteiger partial charge in [0.15, 0.2) is 0 Å². The molecule has 0 atom stereocenters. The van der Waals surface area contributed by atoms with Crippen LogP contribution in [0.5, 0.6) is 0 Å². The maximum atomic E-state index is 12.2. The van der Waals surface area contributed by atoms with Gasteiger partial charge in [-0.2, -0.15) is 0 Å². The maximum absolute atomic E-state index is 12.2. The normalized spacial score (nSPS) is 22.6. The molecule has 3 N–H and O–H groups in total. The zero-order chi connectivity index (χ0) is 14.6. The number of likely N-dealkylation sites (tertiary alicyclic amines) is 1. The van der Waals surface area contributed by atoms with Gasteiger partial charge in [0.25, 0.3) is 0 Å². The molecule has 0 bridgehead atoms. The summed E-state index contributed by atoms with van der Waals surface area (Å²) in [5, 5.41) is 3.28. The molecule has 1 saturated carbocycles. The molecular weight excluding hydrogens is 286 g/mol. The van der Waals surface area contributed by atoms with Crippen LogP contribution in [0.3, 0.4) is 0 Å². The Bertz CT molecular complexity index is 316. The lowest BCUT2D eigenvalue weighted by Gasteiger charge is -2.36. The second-order valence-electron chi connectivity index (χ2n) is 7.38. The second-order valence-corrected chi connectivity index (χ2v) is 7.38. The number of nitrogens with two attached hydrogens (primary N) is 1. The topological polar surface area (TPSA) is 58.4 Å². The Morgan fingerprint density at radius 2 is 1.71 bits per heavy atom. The van der Waals surface area contributed by atoms with E-state index in [0.29, 0.717) is 11.9 Å². The third-order valence-corrected chi connectivity index (χ3v) is 4.54. The van der Waals surface area contributed by atoms with Crippen LogP contribution in [0.25, 0.3) is 0 Å². The van der Waals surface area contributed by atoms with Crippen molar-refractivity contribution < 1.29 is 4.79 Å². The van der Waals surface area contributed by atoms with Gasteiger partial charge < -0.3 is 16.0 Å². The number of nitrogens with zero attached hydrogens (tertiary/aromatic N) is 1. The quantitative estimate of drug-likeness (QED) is 0.836. The average molecular weight is 318 g/mol. The molecular formula is C16H32ClN3O. The largest absolute Gasteiger partial charge is 0.353 e. The first-order valence-corrected chi connectivity index (χ1v) is 8.26. The lowest BCUT2D eigenvalue weighted by atomic mass is 9.88. The number of halogens is 1. The van der Waals surface area contributed by atoms with E-state index >= 15 is 0 Å². The minimum Gasteiger partial charge on any atom is -0.353 e. The Hall–Kier alpha value is -0.320. The molecule has 4 nitrogen and oxygen atoms in total. The van der Waals surface area contributed by atoms with E-state index in [1.807, 2.05) is 0 Å². The first-order chi connectivity index (χ1) is 9.44. The molecule has 124 valence electrons. The molecule has 2 aliphatic rings. The highest BCUT2D eigenvalue weighted by Gasteiger charge is 2.27. The van der Waals surface area contributed by atoms with Gasteiger partial charge in [-0.05, 0) is 39.5 Å². The minimum atomic E-state index is -0.127. The molecule has 1 aliphatic heterocycles. The Labute approximate surface area is 135 Å². The summed E-state index contributed by atoms with van der Waals surface area (Å²) >= 11 is 0.